The summed E-state index contributed by atoms with van der Waals surface area (Å²) in [7, 11) is 0. The molecule has 0 atom stereocenters. The van der Waals surface area contributed by atoms with Crippen LogP contribution in [0.25, 0.3) is 0 Å². The second-order valence-corrected chi connectivity index (χ2v) is 3.49. The molecule has 0 unspecified atom stereocenters. The molecule has 1 aliphatic rings. The first-order valence-electron chi connectivity index (χ1n) is 4.58. The Balaban J connectivity index is 2.53. The Bertz CT molecular complexity index is 384. The molecule has 0 saturated heterocycles. The van der Waals surface area contributed by atoms with Crippen LogP contribution in [0.3, 0.4) is 0 Å². The molecule has 1 aromatic rings. The van der Waals surface area contributed by atoms with E-state index < -0.39 is 17.6 Å². The van der Waals surface area contributed by atoms with E-state index in [0.29, 0.717) is 18.5 Å². The van der Waals surface area contributed by atoms with Crippen molar-refractivity contribution in [1.82, 2.24) is 5.32 Å². The molecule has 0 bridgehead atoms. The Hall–Kier alpha value is -1.10. The molecule has 0 fully saturated rings. The minimum atomic E-state index is -4.61. The number of hydrogen-bond donors (Lipinski definition) is 1. The summed E-state index contributed by atoms with van der Waals surface area (Å²) in [5.41, 5.74) is -0.361. The van der Waals surface area contributed by atoms with E-state index in [4.69, 9.17) is 0 Å². The minimum Gasteiger partial charge on any atom is -0.312 e. The van der Waals surface area contributed by atoms with Crippen LogP contribution >= 0.6 is 0 Å². The molecule has 0 aliphatic carbocycles. The highest BCUT2D eigenvalue weighted by molar-refractivity contribution is 5.36. The molecule has 5 heteroatoms. The molecule has 15 heavy (non-hydrogen) atoms. The zero-order valence-corrected chi connectivity index (χ0v) is 7.79. The van der Waals surface area contributed by atoms with Crippen LogP contribution in [0.2, 0.25) is 0 Å². The first-order chi connectivity index (χ1) is 7.00. The van der Waals surface area contributed by atoms with Crippen molar-refractivity contribution in [2.24, 2.45) is 0 Å². The Labute approximate surface area is 84.1 Å². The van der Waals surface area contributed by atoms with Gasteiger partial charge in [-0.25, -0.2) is 4.39 Å². The molecule has 0 amide bonds. The minimum absolute atomic E-state index is 0.149. The number of hydrogen-bond acceptors (Lipinski definition) is 1. The third-order valence-corrected chi connectivity index (χ3v) is 2.52. The highest BCUT2D eigenvalue weighted by Gasteiger charge is 2.35. The van der Waals surface area contributed by atoms with Gasteiger partial charge in [0.15, 0.2) is 0 Å². The largest absolute Gasteiger partial charge is 0.419 e. The number of fused-ring (bicyclic) bond motifs is 1. The van der Waals surface area contributed by atoms with Gasteiger partial charge in [0.1, 0.15) is 5.82 Å². The standard InChI is InChI=1S/C10H9F4N/c11-9-7-5-15-4-3-6(7)1-2-8(9)10(12,13)14/h1-2,15H,3-5H2. The highest BCUT2D eigenvalue weighted by atomic mass is 19.4. The second-order valence-electron chi connectivity index (χ2n) is 3.49. The molecule has 1 aliphatic heterocycles. The molecule has 82 valence electrons. The third kappa shape index (κ3) is 1.84. The van der Waals surface area contributed by atoms with Crippen LogP contribution in [0.15, 0.2) is 12.1 Å². The molecule has 0 spiro atoms. The Kier molecular flexibility index (Phi) is 2.42. The van der Waals surface area contributed by atoms with Gasteiger partial charge in [0.05, 0.1) is 5.56 Å². The number of nitrogens with one attached hydrogen (secondary N) is 1. The number of halogens is 4. The Morgan fingerprint density at radius 1 is 1.20 bits per heavy atom. The highest BCUT2D eigenvalue weighted by Crippen LogP contribution is 2.34. The maximum Gasteiger partial charge on any atom is 0.419 e. The van der Waals surface area contributed by atoms with E-state index in [0.717, 1.165) is 6.07 Å². The summed E-state index contributed by atoms with van der Waals surface area (Å²) in [6, 6.07) is 2.18. The molecular formula is C10H9F4N. The number of benzene rings is 1. The Morgan fingerprint density at radius 3 is 2.60 bits per heavy atom. The SMILES string of the molecule is Fc1c(C(F)(F)F)ccc2c1CNCC2. The van der Waals surface area contributed by atoms with E-state index in [2.05, 4.69) is 5.32 Å². The molecule has 0 radical (unpaired) electrons. The van der Waals surface area contributed by atoms with Crippen molar-refractivity contribution < 1.29 is 17.6 Å². The lowest BCUT2D eigenvalue weighted by Gasteiger charge is -2.20. The van der Waals surface area contributed by atoms with E-state index >= 15 is 0 Å². The monoisotopic (exact) mass is 219 g/mol. The van der Waals surface area contributed by atoms with Crippen molar-refractivity contribution in [2.75, 3.05) is 6.54 Å². The van der Waals surface area contributed by atoms with Crippen LogP contribution in [0.4, 0.5) is 17.6 Å². The zero-order chi connectivity index (χ0) is 11.1. The predicted octanol–water partition coefficient (Wildman–Crippen LogP) is 2.49. The number of rotatable bonds is 0. The molecule has 0 aromatic heterocycles. The fourth-order valence-electron chi connectivity index (χ4n) is 1.74. The van der Waals surface area contributed by atoms with Gasteiger partial charge in [0.2, 0.25) is 0 Å². The molecular weight excluding hydrogens is 210 g/mol. The Morgan fingerprint density at radius 2 is 1.93 bits per heavy atom. The van der Waals surface area contributed by atoms with Crippen LogP contribution in [0.1, 0.15) is 16.7 Å². The van der Waals surface area contributed by atoms with Gasteiger partial charge in [-0.1, -0.05) is 6.07 Å². The van der Waals surface area contributed by atoms with E-state index in [1.54, 1.807) is 0 Å². The first kappa shape index (κ1) is 10.4. The van der Waals surface area contributed by atoms with Crippen molar-refractivity contribution in [1.29, 1.82) is 0 Å². The van der Waals surface area contributed by atoms with Crippen molar-refractivity contribution in [3.63, 3.8) is 0 Å². The maximum atomic E-state index is 13.5. The summed E-state index contributed by atoms with van der Waals surface area (Å²) in [4.78, 5) is 0. The van der Waals surface area contributed by atoms with Crippen molar-refractivity contribution in [2.45, 2.75) is 19.1 Å². The molecule has 1 heterocycles. The van der Waals surface area contributed by atoms with Gasteiger partial charge in [0.25, 0.3) is 0 Å². The second kappa shape index (κ2) is 3.48. The van der Waals surface area contributed by atoms with E-state index in [-0.39, 0.29) is 12.1 Å². The lowest BCUT2D eigenvalue weighted by Crippen LogP contribution is -2.26. The summed E-state index contributed by atoms with van der Waals surface area (Å²) < 4.78 is 50.6. The van der Waals surface area contributed by atoms with E-state index in [1.807, 2.05) is 0 Å². The quantitative estimate of drug-likeness (QED) is 0.661. The summed E-state index contributed by atoms with van der Waals surface area (Å²) in [6.07, 6.45) is -4.04. The van der Waals surface area contributed by atoms with Crippen LogP contribution in [-0.2, 0) is 19.1 Å². The third-order valence-electron chi connectivity index (χ3n) is 2.52. The van der Waals surface area contributed by atoms with Crippen LogP contribution in [0, 0.1) is 5.82 Å². The summed E-state index contributed by atoms with van der Waals surface area (Å²) in [6.45, 7) is 0.850. The number of alkyl halides is 3. The van der Waals surface area contributed by atoms with E-state index in [1.165, 1.54) is 6.07 Å². The topological polar surface area (TPSA) is 12.0 Å². The maximum absolute atomic E-state index is 13.5. The smallest absolute Gasteiger partial charge is 0.312 e. The van der Waals surface area contributed by atoms with Gasteiger partial charge >= 0.3 is 6.18 Å². The van der Waals surface area contributed by atoms with Crippen molar-refractivity contribution in [3.05, 3.63) is 34.6 Å². The van der Waals surface area contributed by atoms with Crippen molar-refractivity contribution >= 4 is 0 Å². The summed E-state index contributed by atoms with van der Waals surface area (Å²) in [5.74, 6) is -1.13. The molecule has 2 rings (SSSR count). The van der Waals surface area contributed by atoms with Gasteiger partial charge in [-0.2, -0.15) is 13.2 Å². The molecule has 1 N–H and O–H groups in total. The van der Waals surface area contributed by atoms with Gasteiger partial charge in [-0.3, -0.25) is 0 Å². The van der Waals surface area contributed by atoms with Gasteiger partial charge in [0, 0.05) is 12.1 Å². The average molecular weight is 219 g/mol. The lowest BCUT2D eigenvalue weighted by molar-refractivity contribution is -0.140. The van der Waals surface area contributed by atoms with Crippen LogP contribution in [0.5, 0.6) is 0 Å². The zero-order valence-electron chi connectivity index (χ0n) is 7.79. The molecule has 1 nitrogen and oxygen atoms in total. The van der Waals surface area contributed by atoms with Gasteiger partial charge in [-0.15, -0.1) is 0 Å². The summed E-state index contributed by atoms with van der Waals surface area (Å²) in [5, 5.41) is 2.85. The average Bonchev–Trinajstić information content (AvgIpc) is 2.16. The van der Waals surface area contributed by atoms with Gasteiger partial charge in [-0.05, 0) is 24.6 Å². The van der Waals surface area contributed by atoms with Crippen LogP contribution in [-0.4, -0.2) is 6.54 Å². The lowest BCUT2D eigenvalue weighted by atomic mass is 9.97. The summed E-state index contributed by atoms with van der Waals surface area (Å²) >= 11 is 0. The van der Waals surface area contributed by atoms with Crippen molar-refractivity contribution in [3.8, 4) is 0 Å². The van der Waals surface area contributed by atoms with Gasteiger partial charge < -0.3 is 5.32 Å². The van der Waals surface area contributed by atoms with Crippen LogP contribution < -0.4 is 5.32 Å². The molecule has 1 aromatic carbocycles. The molecule has 0 saturated carbocycles. The predicted molar refractivity (Wildman–Crippen MR) is 46.8 cm³/mol. The van der Waals surface area contributed by atoms with E-state index in [9.17, 15) is 17.6 Å². The fourth-order valence-corrected chi connectivity index (χ4v) is 1.74. The first-order valence-corrected chi connectivity index (χ1v) is 4.58. The fraction of sp³-hybridized carbons (Fsp3) is 0.400. The normalized spacial score (nSPS) is 16.3.